The Hall–Kier alpha value is -0.770. The molecule has 0 bridgehead atoms. The molecule has 100 valence electrons. The van der Waals surface area contributed by atoms with Gasteiger partial charge in [-0.05, 0) is 44.7 Å². The summed E-state index contributed by atoms with van der Waals surface area (Å²) in [5, 5.41) is 11.8. The molecule has 4 heteroatoms. The molecule has 0 aromatic heterocycles. The largest absolute Gasteiger partial charge is 0.409 e. The van der Waals surface area contributed by atoms with Crippen molar-refractivity contribution in [3.63, 3.8) is 0 Å². The quantitative estimate of drug-likeness (QED) is 0.311. The number of nitrogens with two attached hydrogens (primary N) is 1. The minimum absolute atomic E-state index is 0.206. The molecule has 2 atom stereocenters. The van der Waals surface area contributed by atoms with Gasteiger partial charge in [-0.15, -0.1) is 0 Å². The second kappa shape index (κ2) is 5.71. The number of hydrogen-bond acceptors (Lipinski definition) is 3. The Morgan fingerprint density at radius 1 is 1.53 bits per heavy atom. The van der Waals surface area contributed by atoms with Gasteiger partial charge in [0.25, 0.3) is 0 Å². The number of amidine groups is 1. The highest BCUT2D eigenvalue weighted by Crippen LogP contribution is 2.38. The molecule has 2 unspecified atom stereocenters. The van der Waals surface area contributed by atoms with E-state index in [4.69, 9.17) is 10.9 Å². The van der Waals surface area contributed by atoms with Crippen molar-refractivity contribution in [3.8, 4) is 0 Å². The summed E-state index contributed by atoms with van der Waals surface area (Å²) in [4.78, 5) is 2.40. The topological polar surface area (TPSA) is 61.8 Å². The lowest BCUT2D eigenvalue weighted by Crippen LogP contribution is -2.33. The fourth-order valence-electron chi connectivity index (χ4n) is 2.20. The molecule has 17 heavy (non-hydrogen) atoms. The maximum atomic E-state index is 8.69. The van der Waals surface area contributed by atoms with E-state index in [2.05, 4.69) is 24.0 Å². The molecular weight excluding hydrogens is 214 g/mol. The minimum atomic E-state index is -0.206. The van der Waals surface area contributed by atoms with Crippen LogP contribution in [0.1, 0.15) is 40.0 Å². The summed E-state index contributed by atoms with van der Waals surface area (Å²) in [6.45, 7) is 8.66. The number of rotatable bonds is 7. The molecule has 1 aliphatic carbocycles. The van der Waals surface area contributed by atoms with Gasteiger partial charge in [0.15, 0.2) is 0 Å². The second-order valence-electron chi connectivity index (χ2n) is 6.21. The van der Waals surface area contributed by atoms with Crippen molar-refractivity contribution in [2.75, 3.05) is 20.1 Å². The summed E-state index contributed by atoms with van der Waals surface area (Å²) in [7, 11) is 2.18. The average Bonchev–Trinajstić information content (AvgIpc) is 2.92. The van der Waals surface area contributed by atoms with Gasteiger partial charge >= 0.3 is 0 Å². The zero-order chi connectivity index (χ0) is 13.1. The smallest absolute Gasteiger partial charge is 0.144 e. The summed E-state index contributed by atoms with van der Waals surface area (Å²) in [6, 6.07) is 0. The van der Waals surface area contributed by atoms with Gasteiger partial charge in [-0.3, -0.25) is 0 Å². The van der Waals surface area contributed by atoms with E-state index in [1.54, 1.807) is 0 Å². The lowest BCUT2D eigenvalue weighted by molar-refractivity contribution is 0.283. The number of nitrogens with zero attached hydrogens (tertiary/aromatic N) is 2. The molecule has 0 aromatic carbocycles. The third-order valence-electron chi connectivity index (χ3n) is 3.97. The molecule has 3 N–H and O–H groups in total. The highest BCUT2D eigenvalue weighted by molar-refractivity contribution is 5.85. The average molecular weight is 241 g/mol. The molecule has 0 aliphatic heterocycles. The molecule has 0 spiro atoms. The number of hydrogen-bond donors (Lipinski definition) is 2. The van der Waals surface area contributed by atoms with Crippen molar-refractivity contribution in [2.45, 2.75) is 40.0 Å². The van der Waals surface area contributed by atoms with E-state index in [0.29, 0.717) is 5.84 Å². The molecule has 1 rings (SSSR count). The Labute approximate surface area is 105 Å². The molecule has 0 heterocycles. The monoisotopic (exact) mass is 241 g/mol. The molecule has 0 amide bonds. The summed E-state index contributed by atoms with van der Waals surface area (Å²) >= 11 is 0. The lowest BCUT2D eigenvalue weighted by atomic mass is 9.86. The molecule has 1 saturated carbocycles. The summed E-state index contributed by atoms with van der Waals surface area (Å²) in [5.41, 5.74) is 5.46. The first kappa shape index (κ1) is 14.3. The molecule has 0 radical (unpaired) electrons. The van der Waals surface area contributed by atoms with Crippen LogP contribution in [-0.2, 0) is 0 Å². The van der Waals surface area contributed by atoms with Crippen LogP contribution in [0.15, 0.2) is 5.16 Å². The van der Waals surface area contributed by atoms with E-state index in [1.165, 1.54) is 13.0 Å². The standard InChI is InChI=1S/C13H27N3O/c1-10-8-11(10)9-16(4)7-5-6-13(2,3)12(14)15-17/h10-11,17H,5-9H2,1-4H3,(H2,14,15). The van der Waals surface area contributed by atoms with Crippen LogP contribution in [0.4, 0.5) is 0 Å². The normalized spacial score (nSPS) is 25.4. The molecule has 1 aliphatic rings. The molecule has 0 saturated heterocycles. The highest BCUT2D eigenvalue weighted by atomic mass is 16.4. The Morgan fingerprint density at radius 3 is 2.59 bits per heavy atom. The Balaban J connectivity index is 2.18. The van der Waals surface area contributed by atoms with Crippen molar-refractivity contribution in [1.82, 2.24) is 4.90 Å². The van der Waals surface area contributed by atoms with Crippen LogP contribution in [0, 0.1) is 17.3 Å². The van der Waals surface area contributed by atoms with Gasteiger partial charge in [-0.25, -0.2) is 0 Å². The van der Waals surface area contributed by atoms with E-state index in [0.717, 1.165) is 31.2 Å². The van der Waals surface area contributed by atoms with Gasteiger partial charge in [0.2, 0.25) is 0 Å². The van der Waals surface area contributed by atoms with Gasteiger partial charge in [0.1, 0.15) is 5.84 Å². The van der Waals surface area contributed by atoms with Gasteiger partial charge in [0, 0.05) is 12.0 Å². The van der Waals surface area contributed by atoms with Crippen LogP contribution in [-0.4, -0.2) is 36.1 Å². The van der Waals surface area contributed by atoms with Crippen LogP contribution in [0.2, 0.25) is 0 Å². The van der Waals surface area contributed by atoms with Crippen LogP contribution in [0.3, 0.4) is 0 Å². The van der Waals surface area contributed by atoms with E-state index in [1.807, 2.05) is 13.8 Å². The van der Waals surface area contributed by atoms with Crippen LogP contribution in [0.25, 0.3) is 0 Å². The third-order valence-corrected chi connectivity index (χ3v) is 3.97. The maximum Gasteiger partial charge on any atom is 0.144 e. The van der Waals surface area contributed by atoms with Crippen molar-refractivity contribution in [3.05, 3.63) is 0 Å². The van der Waals surface area contributed by atoms with Gasteiger partial charge < -0.3 is 15.8 Å². The predicted octanol–water partition coefficient (Wildman–Crippen LogP) is 2.13. The fourth-order valence-corrected chi connectivity index (χ4v) is 2.20. The Morgan fingerprint density at radius 2 is 2.12 bits per heavy atom. The van der Waals surface area contributed by atoms with Crippen LogP contribution in [0.5, 0.6) is 0 Å². The van der Waals surface area contributed by atoms with Crippen LogP contribution < -0.4 is 5.73 Å². The maximum absolute atomic E-state index is 8.69. The second-order valence-corrected chi connectivity index (χ2v) is 6.21. The van der Waals surface area contributed by atoms with Crippen molar-refractivity contribution >= 4 is 5.84 Å². The van der Waals surface area contributed by atoms with Crippen molar-refractivity contribution < 1.29 is 5.21 Å². The first-order valence-corrected chi connectivity index (χ1v) is 6.53. The molecule has 1 fully saturated rings. The number of oxime groups is 1. The Kier molecular flexibility index (Phi) is 4.80. The zero-order valence-corrected chi connectivity index (χ0v) is 11.6. The first-order valence-electron chi connectivity index (χ1n) is 6.53. The van der Waals surface area contributed by atoms with E-state index in [-0.39, 0.29) is 5.41 Å². The van der Waals surface area contributed by atoms with E-state index < -0.39 is 0 Å². The van der Waals surface area contributed by atoms with Gasteiger partial charge in [0.05, 0.1) is 0 Å². The fraction of sp³-hybridized carbons (Fsp3) is 0.923. The molecule has 0 aromatic rings. The van der Waals surface area contributed by atoms with E-state index in [9.17, 15) is 0 Å². The first-order chi connectivity index (χ1) is 7.86. The zero-order valence-electron chi connectivity index (χ0n) is 11.6. The Bertz CT molecular complexity index is 276. The molecule has 4 nitrogen and oxygen atoms in total. The summed E-state index contributed by atoms with van der Waals surface area (Å²) in [6.07, 6.45) is 3.42. The summed E-state index contributed by atoms with van der Waals surface area (Å²) < 4.78 is 0. The van der Waals surface area contributed by atoms with E-state index >= 15 is 0 Å². The van der Waals surface area contributed by atoms with Gasteiger partial charge in [-0.2, -0.15) is 0 Å². The third kappa shape index (κ3) is 4.54. The lowest BCUT2D eigenvalue weighted by Gasteiger charge is -2.24. The summed E-state index contributed by atoms with van der Waals surface area (Å²) in [5.74, 6) is 2.17. The predicted molar refractivity (Wildman–Crippen MR) is 71.2 cm³/mol. The van der Waals surface area contributed by atoms with Crippen molar-refractivity contribution in [2.24, 2.45) is 28.1 Å². The van der Waals surface area contributed by atoms with Crippen molar-refractivity contribution in [1.29, 1.82) is 0 Å². The molecular formula is C13H27N3O. The van der Waals surface area contributed by atoms with Crippen LogP contribution >= 0.6 is 0 Å². The SMILES string of the molecule is CC1CC1CN(C)CCCC(C)(C)C(N)=NO. The minimum Gasteiger partial charge on any atom is -0.409 e. The van der Waals surface area contributed by atoms with Gasteiger partial charge in [-0.1, -0.05) is 25.9 Å². The highest BCUT2D eigenvalue weighted by Gasteiger charge is 2.33.